The van der Waals surface area contributed by atoms with Crippen molar-refractivity contribution in [2.75, 3.05) is 6.61 Å². The smallest absolute Gasteiger partial charge is 0.356 e. The third kappa shape index (κ3) is 5.71. The zero-order chi connectivity index (χ0) is 15.8. The van der Waals surface area contributed by atoms with Gasteiger partial charge in [-0.3, -0.25) is 9.36 Å². The van der Waals surface area contributed by atoms with Gasteiger partial charge in [-0.05, 0) is 35.3 Å². The lowest BCUT2D eigenvalue weighted by Gasteiger charge is -2.02. The van der Waals surface area contributed by atoms with E-state index < -0.39 is 0 Å². The number of aromatic nitrogens is 4. The maximum Gasteiger partial charge on any atom is 0.356 e. The second-order valence-electron chi connectivity index (χ2n) is 4.57. The molecule has 0 saturated heterocycles. The average Bonchev–Trinajstić information content (AvgIpc) is 2.97. The predicted molar refractivity (Wildman–Crippen MR) is 84.0 cm³/mol. The molecule has 21 heavy (non-hydrogen) atoms. The van der Waals surface area contributed by atoms with Gasteiger partial charge in [0, 0.05) is 26.5 Å². The summed E-state index contributed by atoms with van der Waals surface area (Å²) in [7, 11) is 3.62. The summed E-state index contributed by atoms with van der Waals surface area (Å²) >= 11 is 3.33. The summed E-state index contributed by atoms with van der Waals surface area (Å²) in [5, 5.41) is 7.96. The fourth-order valence-corrected chi connectivity index (χ4v) is 1.90. The molecule has 0 N–H and O–H groups in total. The molecule has 116 valence electrons. The van der Waals surface area contributed by atoms with E-state index in [1.165, 1.54) is 4.68 Å². The molecule has 0 aromatic carbocycles. The van der Waals surface area contributed by atoms with Crippen LogP contribution in [-0.2, 0) is 18.8 Å². The summed E-state index contributed by atoms with van der Waals surface area (Å²) in [4.78, 5) is 11.3. The summed E-state index contributed by atoms with van der Waals surface area (Å²) in [6.07, 6.45) is 5.44. The summed E-state index contributed by atoms with van der Waals surface area (Å²) < 4.78 is 9.36. The van der Waals surface area contributed by atoms with Gasteiger partial charge in [-0.15, -0.1) is 0 Å². The number of nitrogens with zero attached hydrogens (tertiary/aromatic N) is 4. The highest BCUT2D eigenvalue weighted by Gasteiger charge is 2.10. The molecule has 0 saturated carbocycles. The number of halogens is 1. The minimum absolute atomic E-state index is 0.298. The van der Waals surface area contributed by atoms with Gasteiger partial charge in [0.15, 0.2) is 0 Å². The molecule has 0 fully saturated rings. The largest absolute Gasteiger partial charge is 0.461 e. The van der Waals surface area contributed by atoms with Crippen LogP contribution in [0.5, 0.6) is 0 Å². The Morgan fingerprint density at radius 3 is 2.52 bits per heavy atom. The van der Waals surface area contributed by atoms with Gasteiger partial charge in [0.05, 0.1) is 16.8 Å². The van der Waals surface area contributed by atoms with Gasteiger partial charge in [-0.1, -0.05) is 13.3 Å². The van der Waals surface area contributed by atoms with Crippen LogP contribution in [0.2, 0.25) is 0 Å². The van der Waals surface area contributed by atoms with Crippen molar-refractivity contribution in [2.45, 2.75) is 26.7 Å². The lowest BCUT2D eigenvalue weighted by molar-refractivity contribution is 0.0487. The first kappa shape index (κ1) is 17.4. The van der Waals surface area contributed by atoms with E-state index in [0.29, 0.717) is 12.3 Å². The van der Waals surface area contributed by atoms with Gasteiger partial charge in [-0.25, -0.2) is 4.79 Å². The average molecular weight is 357 g/mol. The number of aryl methyl sites for hydroxylation is 3. The van der Waals surface area contributed by atoms with Crippen LogP contribution in [0.25, 0.3) is 0 Å². The molecule has 7 heteroatoms. The Balaban J connectivity index is 0.000000235. The predicted octanol–water partition coefficient (Wildman–Crippen LogP) is 2.87. The van der Waals surface area contributed by atoms with Gasteiger partial charge in [-0.2, -0.15) is 10.2 Å². The molecule has 0 spiro atoms. The summed E-state index contributed by atoms with van der Waals surface area (Å²) in [6.45, 7) is 4.50. The molecule has 0 aliphatic heterocycles. The van der Waals surface area contributed by atoms with Crippen molar-refractivity contribution >= 4 is 21.9 Å². The first-order valence-corrected chi connectivity index (χ1v) is 7.55. The van der Waals surface area contributed by atoms with E-state index in [9.17, 15) is 4.79 Å². The van der Waals surface area contributed by atoms with Crippen molar-refractivity contribution in [1.82, 2.24) is 19.6 Å². The quantitative estimate of drug-likeness (QED) is 0.624. The van der Waals surface area contributed by atoms with Crippen LogP contribution in [0.1, 0.15) is 35.9 Å². The summed E-state index contributed by atoms with van der Waals surface area (Å²) in [5.41, 5.74) is 1.53. The van der Waals surface area contributed by atoms with Crippen LogP contribution in [0.3, 0.4) is 0 Å². The molecule has 0 aliphatic carbocycles. The molecule has 0 atom stereocenters. The van der Waals surface area contributed by atoms with E-state index >= 15 is 0 Å². The standard InChI is InChI=1S/C9H14N2O2.C5H7BrN2/c1-3-4-7-13-9(12)8-5-6-10-11(8)2;1-4-5(6)3-8(2)7-4/h5-6H,3-4,7H2,1-2H3;3H,1-2H3. The SMILES string of the molecule is CCCCOC(=O)c1ccnn1C.Cc1nn(C)cc1Br. The maximum atomic E-state index is 11.3. The highest BCUT2D eigenvalue weighted by molar-refractivity contribution is 9.10. The van der Waals surface area contributed by atoms with Crippen molar-refractivity contribution in [3.05, 3.63) is 34.3 Å². The Morgan fingerprint density at radius 1 is 1.43 bits per heavy atom. The number of carbonyl (C=O) groups excluding carboxylic acids is 1. The van der Waals surface area contributed by atoms with Crippen LogP contribution >= 0.6 is 15.9 Å². The Labute approximate surface area is 133 Å². The van der Waals surface area contributed by atoms with E-state index in [4.69, 9.17) is 4.74 Å². The van der Waals surface area contributed by atoms with Gasteiger partial charge in [0.2, 0.25) is 0 Å². The topological polar surface area (TPSA) is 61.9 Å². The van der Waals surface area contributed by atoms with E-state index in [1.54, 1.807) is 24.0 Å². The van der Waals surface area contributed by atoms with Gasteiger partial charge < -0.3 is 4.74 Å². The molecule has 2 heterocycles. The Kier molecular flexibility index (Phi) is 7.14. The number of carbonyl (C=O) groups is 1. The van der Waals surface area contributed by atoms with Crippen molar-refractivity contribution in [1.29, 1.82) is 0 Å². The molecule has 0 radical (unpaired) electrons. The first-order chi connectivity index (χ1) is 9.95. The third-order valence-electron chi connectivity index (χ3n) is 2.71. The second-order valence-corrected chi connectivity index (χ2v) is 5.42. The van der Waals surface area contributed by atoms with Crippen molar-refractivity contribution < 1.29 is 9.53 Å². The van der Waals surface area contributed by atoms with Crippen LogP contribution in [0, 0.1) is 6.92 Å². The summed E-state index contributed by atoms with van der Waals surface area (Å²) in [5.74, 6) is -0.298. The fraction of sp³-hybridized carbons (Fsp3) is 0.500. The van der Waals surface area contributed by atoms with Gasteiger partial charge in [0.25, 0.3) is 0 Å². The Bertz CT molecular complexity index is 558. The number of unbranched alkanes of at least 4 members (excludes halogenated alkanes) is 1. The van der Waals surface area contributed by atoms with E-state index in [2.05, 4.69) is 33.1 Å². The first-order valence-electron chi connectivity index (χ1n) is 6.76. The molecule has 2 aromatic heterocycles. The molecule has 0 amide bonds. The van der Waals surface area contributed by atoms with E-state index in [1.807, 2.05) is 20.2 Å². The Hall–Kier alpha value is -1.63. The van der Waals surface area contributed by atoms with Crippen LogP contribution < -0.4 is 0 Å². The zero-order valence-corrected chi connectivity index (χ0v) is 14.4. The number of rotatable bonds is 4. The highest BCUT2D eigenvalue weighted by atomic mass is 79.9. The van der Waals surface area contributed by atoms with Gasteiger partial charge >= 0.3 is 5.97 Å². The van der Waals surface area contributed by atoms with E-state index in [0.717, 1.165) is 23.0 Å². The minimum atomic E-state index is -0.298. The number of hydrogen-bond donors (Lipinski definition) is 0. The molecule has 0 bridgehead atoms. The number of hydrogen-bond acceptors (Lipinski definition) is 4. The minimum Gasteiger partial charge on any atom is -0.461 e. The van der Waals surface area contributed by atoms with Crippen molar-refractivity contribution in [3.8, 4) is 0 Å². The lowest BCUT2D eigenvalue weighted by atomic mass is 10.3. The third-order valence-corrected chi connectivity index (χ3v) is 3.49. The monoisotopic (exact) mass is 356 g/mol. The van der Waals surface area contributed by atoms with Crippen LogP contribution in [0.4, 0.5) is 0 Å². The number of esters is 1. The molecular formula is C14H21BrN4O2. The van der Waals surface area contributed by atoms with Crippen molar-refractivity contribution in [3.63, 3.8) is 0 Å². The van der Waals surface area contributed by atoms with Crippen LogP contribution in [-0.4, -0.2) is 32.1 Å². The highest BCUT2D eigenvalue weighted by Crippen LogP contribution is 2.11. The fourth-order valence-electron chi connectivity index (χ4n) is 1.53. The maximum absolute atomic E-state index is 11.3. The van der Waals surface area contributed by atoms with Crippen LogP contribution in [0.15, 0.2) is 22.9 Å². The molecule has 0 aliphatic rings. The van der Waals surface area contributed by atoms with Crippen molar-refractivity contribution in [2.24, 2.45) is 14.1 Å². The molecule has 0 unspecified atom stereocenters. The molecule has 6 nitrogen and oxygen atoms in total. The molecule has 2 rings (SSSR count). The van der Waals surface area contributed by atoms with Gasteiger partial charge in [0.1, 0.15) is 5.69 Å². The zero-order valence-electron chi connectivity index (χ0n) is 12.8. The van der Waals surface area contributed by atoms with E-state index in [-0.39, 0.29) is 5.97 Å². The Morgan fingerprint density at radius 2 is 2.14 bits per heavy atom. The molecule has 2 aromatic rings. The number of ether oxygens (including phenoxy) is 1. The second kappa shape index (κ2) is 8.61. The lowest BCUT2D eigenvalue weighted by Crippen LogP contribution is -2.11. The molecular weight excluding hydrogens is 336 g/mol. The summed E-state index contributed by atoms with van der Waals surface area (Å²) in [6, 6.07) is 1.65. The normalized spacial score (nSPS) is 9.95.